The second-order valence-corrected chi connectivity index (χ2v) is 7.16. The SMILES string of the molecule is CN(C)C(CNC(=O)c1ccc(-c2ccccc2)[nH]c1=O)c1cccs1. The van der Waals surface area contributed by atoms with Gasteiger partial charge >= 0.3 is 0 Å². The summed E-state index contributed by atoms with van der Waals surface area (Å²) in [5, 5.41) is 4.89. The Labute approximate surface area is 156 Å². The van der Waals surface area contributed by atoms with Gasteiger partial charge in [-0.25, -0.2) is 0 Å². The first kappa shape index (κ1) is 18.1. The van der Waals surface area contributed by atoms with Crippen molar-refractivity contribution in [1.29, 1.82) is 0 Å². The molecule has 0 radical (unpaired) electrons. The fourth-order valence-electron chi connectivity index (χ4n) is 2.74. The number of pyridine rings is 1. The van der Waals surface area contributed by atoms with Gasteiger partial charge in [0.1, 0.15) is 5.56 Å². The van der Waals surface area contributed by atoms with E-state index in [9.17, 15) is 9.59 Å². The smallest absolute Gasteiger partial charge is 0.261 e. The number of benzene rings is 1. The van der Waals surface area contributed by atoms with Crippen molar-refractivity contribution in [2.24, 2.45) is 0 Å². The first-order valence-corrected chi connectivity index (χ1v) is 9.21. The molecule has 3 rings (SSSR count). The molecule has 1 aromatic carbocycles. The summed E-state index contributed by atoms with van der Waals surface area (Å²) in [6.45, 7) is 0.437. The van der Waals surface area contributed by atoms with E-state index in [0.29, 0.717) is 12.2 Å². The van der Waals surface area contributed by atoms with Crippen molar-refractivity contribution in [3.8, 4) is 11.3 Å². The predicted octanol–water partition coefficient (Wildman–Crippen LogP) is 3.14. The lowest BCUT2D eigenvalue weighted by molar-refractivity contribution is 0.0941. The zero-order valence-electron chi connectivity index (χ0n) is 14.7. The van der Waals surface area contributed by atoms with Crippen LogP contribution in [-0.4, -0.2) is 36.4 Å². The van der Waals surface area contributed by atoms with Crippen LogP contribution in [0.2, 0.25) is 0 Å². The number of nitrogens with one attached hydrogen (secondary N) is 2. The van der Waals surface area contributed by atoms with Gasteiger partial charge in [-0.05, 0) is 43.2 Å². The molecule has 2 N–H and O–H groups in total. The highest BCUT2D eigenvalue weighted by atomic mass is 32.1. The Morgan fingerprint density at radius 3 is 2.50 bits per heavy atom. The number of hydrogen-bond acceptors (Lipinski definition) is 4. The molecule has 1 unspecified atom stereocenters. The quantitative estimate of drug-likeness (QED) is 0.703. The zero-order chi connectivity index (χ0) is 18.5. The van der Waals surface area contributed by atoms with Crippen LogP contribution in [-0.2, 0) is 0 Å². The average Bonchev–Trinajstić information content (AvgIpc) is 3.16. The van der Waals surface area contributed by atoms with E-state index >= 15 is 0 Å². The van der Waals surface area contributed by atoms with E-state index in [1.807, 2.05) is 61.9 Å². The molecular formula is C20H21N3O2S. The Kier molecular flexibility index (Phi) is 5.65. The number of hydrogen-bond donors (Lipinski definition) is 2. The molecule has 1 atom stereocenters. The van der Waals surface area contributed by atoms with Crippen LogP contribution in [0.15, 0.2) is 64.8 Å². The lowest BCUT2D eigenvalue weighted by Gasteiger charge is -2.23. The highest BCUT2D eigenvalue weighted by Crippen LogP contribution is 2.22. The summed E-state index contributed by atoms with van der Waals surface area (Å²) in [6, 6.07) is 17.0. The summed E-state index contributed by atoms with van der Waals surface area (Å²) in [7, 11) is 3.94. The van der Waals surface area contributed by atoms with E-state index in [2.05, 4.69) is 15.2 Å². The van der Waals surface area contributed by atoms with Crippen LogP contribution in [0.4, 0.5) is 0 Å². The van der Waals surface area contributed by atoms with E-state index in [-0.39, 0.29) is 23.1 Å². The Morgan fingerprint density at radius 1 is 1.12 bits per heavy atom. The van der Waals surface area contributed by atoms with Crippen LogP contribution in [0.25, 0.3) is 11.3 Å². The molecule has 0 fully saturated rings. The number of carbonyl (C=O) groups is 1. The van der Waals surface area contributed by atoms with Crippen molar-refractivity contribution in [3.05, 3.63) is 80.8 Å². The first-order valence-electron chi connectivity index (χ1n) is 8.33. The van der Waals surface area contributed by atoms with E-state index in [1.165, 1.54) is 4.88 Å². The van der Waals surface area contributed by atoms with Gasteiger partial charge in [0.05, 0.1) is 6.04 Å². The van der Waals surface area contributed by atoms with E-state index in [4.69, 9.17) is 0 Å². The minimum Gasteiger partial charge on any atom is -0.350 e. The fraction of sp³-hybridized carbons (Fsp3) is 0.200. The molecule has 2 heterocycles. The van der Waals surface area contributed by atoms with Gasteiger partial charge in [0.25, 0.3) is 11.5 Å². The van der Waals surface area contributed by atoms with Gasteiger partial charge in [0.15, 0.2) is 0 Å². The molecule has 0 bridgehead atoms. The highest BCUT2D eigenvalue weighted by Gasteiger charge is 2.18. The summed E-state index contributed by atoms with van der Waals surface area (Å²) >= 11 is 1.65. The lowest BCUT2D eigenvalue weighted by atomic mass is 10.1. The maximum Gasteiger partial charge on any atom is 0.261 e. The molecule has 0 aliphatic carbocycles. The summed E-state index contributed by atoms with van der Waals surface area (Å²) < 4.78 is 0. The number of aromatic nitrogens is 1. The van der Waals surface area contributed by atoms with E-state index < -0.39 is 0 Å². The van der Waals surface area contributed by atoms with Gasteiger partial charge in [0.2, 0.25) is 0 Å². The van der Waals surface area contributed by atoms with Gasteiger partial charge in [-0.2, -0.15) is 0 Å². The summed E-state index contributed by atoms with van der Waals surface area (Å²) in [5.41, 5.74) is 1.33. The molecule has 0 aliphatic rings. The molecule has 2 aromatic heterocycles. The maximum absolute atomic E-state index is 12.5. The van der Waals surface area contributed by atoms with E-state index in [0.717, 1.165) is 5.56 Å². The topological polar surface area (TPSA) is 65.2 Å². The summed E-state index contributed by atoms with van der Waals surface area (Å²) in [6.07, 6.45) is 0. The molecule has 134 valence electrons. The van der Waals surface area contributed by atoms with Gasteiger partial charge < -0.3 is 15.2 Å². The Morgan fingerprint density at radius 2 is 1.88 bits per heavy atom. The molecule has 0 spiro atoms. The fourth-order valence-corrected chi connectivity index (χ4v) is 3.66. The molecule has 6 heteroatoms. The van der Waals surface area contributed by atoms with Crippen molar-refractivity contribution in [2.45, 2.75) is 6.04 Å². The van der Waals surface area contributed by atoms with Crippen LogP contribution < -0.4 is 10.9 Å². The maximum atomic E-state index is 12.5. The lowest BCUT2D eigenvalue weighted by Crippen LogP contribution is -2.36. The van der Waals surface area contributed by atoms with Crippen LogP contribution in [0, 0.1) is 0 Å². The zero-order valence-corrected chi connectivity index (χ0v) is 15.5. The Balaban J connectivity index is 1.73. The van der Waals surface area contributed by atoms with Gasteiger partial charge in [-0.15, -0.1) is 11.3 Å². The number of aromatic amines is 1. The average molecular weight is 367 g/mol. The number of nitrogens with zero attached hydrogens (tertiary/aromatic N) is 1. The van der Waals surface area contributed by atoms with Crippen LogP contribution >= 0.6 is 11.3 Å². The van der Waals surface area contributed by atoms with Crippen LogP contribution in [0.3, 0.4) is 0 Å². The predicted molar refractivity (Wildman–Crippen MR) is 106 cm³/mol. The largest absolute Gasteiger partial charge is 0.350 e. The molecule has 0 aliphatic heterocycles. The number of carbonyl (C=O) groups excluding carboxylic acids is 1. The molecule has 3 aromatic rings. The third-order valence-corrected chi connectivity index (χ3v) is 5.16. The molecular weight excluding hydrogens is 346 g/mol. The molecule has 26 heavy (non-hydrogen) atoms. The van der Waals surface area contributed by atoms with Crippen molar-refractivity contribution >= 4 is 17.2 Å². The summed E-state index contributed by atoms with van der Waals surface area (Å²) in [4.78, 5) is 30.8. The monoisotopic (exact) mass is 367 g/mol. The molecule has 0 saturated carbocycles. The van der Waals surface area contributed by atoms with Crippen molar-refractivity contribution in [2.75, 3.05) is 20.6 Å². The number of likely N-dealkylation sites (N-methyl/N-ethyl adjacent to an activating group) is 1. The molecule has 1 amide bonds. The molecule has 5 nitrogen and oxygen atoms in total. The van der Waals surface area contributed by atoms with Crippen LogP contribution in [0.1, 0.15) is 21.3 Å². The Hall–Kier alpha value is -2.70. The van der Waals surface area contributed by atoms with Gasteiger partial charge in [-0.3, -0.25) is 9.59 Å². The first-order chi connectivity index (χ1) is 12.6. The number of amides is 1. The van der Waals surface area contributed by atoms with Crippen molar-refractivity contribution < 1.29 is 4.79 Å². The Bertz CT molecular complexity index is 918. The number of H-pyrrole nitrogens is 1. The third kappa shape index (κ3) is 4.09. The molecule has 0 saturated heterocycles. The highest BCUT2D eigenvalue weighted by molar-refractivity contribution is 7.10. The number of rotatable bonds is 6. The summed E-state index contributed by atoms with van der Waals surface area (Å²) in [5.74, 6) is -0.366. The van der Waals surface area contributed by atoms with Gasteiger partial charge in [0, 0.05) is 17.1 Å². The van der Waals surface area contributed by atoms with Crippen LogP contribution in [0.5, 0.6) is 0 Å². The number of thiophene rings is 1. The van der Waals surface area contributed by atoms with Crippen molar-refractivity contribution in [3.63, 3.8) is 0 Å². The minimum atomic E-state index is -0.388. The standard InChI is InChI=1S/C20H21N3O2S/c1-23(2)17(18-9-6-12-26-18)13-21-19(24)15-10-11-16(22-20(15)25)14-7-4-3-5-8-14/h3-12,17H,13H2,1-2H3,(H,21,24)(H,22,25). The third-order valence-electron chi connectivity index (χ3n) is 4.19. The second kappa shape index (κ2) is 8.12. The van der Waals surface area contributed by atoms with Crippen molar-refractivity contribution in [1.82, 2.24) is 15.2 Å². The minimum absolute atomic E-state index is 0.0709. The normalized spacial score (nSPS) is 12.1. The van der Waals surface area contributed by atoms with E-state index in [1.54, 1.807) is 23.5 Å². The second-order valence-electron chi connectivity index (χ2n) is 6.19. The van der Waals surface area contributed by atoms with Gasteiger partial charge in [-0.1, -0.05) is 36.4 Å².